The van der Waals surface area contributed by atoms with Crippen molar-refractivity contribution in [1.82, 2.24) is 10.2 Å². The zero-order valence-electron chi connectivity index (χ0n) is 11.9. The van der Waals surface area contributed by atoms with Gasteiger partial charge in [-0.05, 0) is 32.2 Å². The molecule has 0 bridgehead atoms. The Morgan fingerprint density at radius 2 is 2.11 bits per heavy atom. The molecule has 0 aromatic heterocycles. The van der Waals surface area contributed by atoms with Gasteiger partial charge in [0.1, 0.15) is 0 Å². The first-order valence-electron chi connectivity index (χ1n) is 7.12. The maximum atomic E-state index is 12.1. The minimum Gasteiger partial charge on any atom is -0.409 e. The summed E-state index contributed by atoms with van der Waals surface area (Å²) >= 11 is 0. The molecule has 6 nitrogen and oxygen atoms in total. The van der Waals surface area contributed by atoms with Crippen molar-refractivity contribution in [3.63, 3.8) is 0 Å². The molecule has 0 aromatic rings. The van der Waals surface area contributed by atoms with Crippen LogP contribution >= 0.6 is 0 Å². The smallest absolute Gasteiger partial charge is 0.231 e. The highest BCUT2D eigenvalue weighted by Gasteiger charge is 2.25. The molecule has 0 aliphatic carbocycles. The monoisotopic (exact) mass is 270 g/mol. The third-order valence-electron chi connectivity index (χ3n) is 3.67. The molecule has 1 aliphatic heterocycles. The molecule has 0 radical (unpaired) electrons. The molecule has 110 valence electrons. The zero-order chi connectivity index (χ0) is 14.3. The number of nitrogens with one attached hydrogen (secondary N) is 1. The summed E-state index contributed by atoms with van der Waals surface area (Å²) in [6, 6.07) is 0.209. The number of amidine groups is 1. The van der Waals surface area contributed by atoms with E-state index in [4.69, 9.17) is 10.9 Å². The van der Waals surface area contributed by atoms with Gasteiger partial charge in [-0.1, -0.05) is 19.0 Å². The molecule has 1 rings (SSSR count). The van der Waals surface area contributed by atoms with Gasteiger partial charge in [0, 0.05) is 19.1 Å². The van der Waals surface area contributed by atoms with Crippen LogP contribution in [0.1, 0.15) is 39.5 Å². The van der Waals surface area contributed by atoms with Crippen LogP contribution in [-0.4, -0.2) is 47.5 Å². The molecule has 19 heavy (non-hydrogen) atoms. The number of likely N-dealkylation sites (tertiary alicyclic amines) is 1. The van der Waals surface area contributed by atoms with Gasteiger partial charge in [0.2, 0.25) is 5.91 Å². The lowest BCUT2D eigenvalue weighted by Crippen LogP contribution is -2.48. The van der Waals surface area contributed by atoms with E-state index in [1.165, 1.54) is 6.42 Å². The Morgan fingerprint density at radius 1 is 1.47 bits per heavy atom. The normalized spacial score (nSPS) is 20.2. The van der Waals surface area contributed by atoms with Crippen LogP contribution in [0, 0.1) is 5.92 Å². The van der Waals surface area contributed by atoms with Crippen LogP contribution in [0.4, 0.5) is 0 Å². The maximum absolute atomic E-state index is 12.1. The van der Waals surface area contributed by atoms with Crippen LogP contribution in [0.5, 0.6) is 0 Å². The van der Waals surface area contributed by atoms with Crippen LogP contribution in [0.2, 0.25) is 0 Å². The summed E-state index contributed by atoms with van der Waals surface area (Å²) in [7, 11) is 0. The van der Waals surface area contributed by atoms with Gasteiger partial charge in [0.05, 0.1) is 5.92 Å². The Bertz CT molecular complexity index is 312. The van der Waals surface area contributed by atoms with Crippen LogP contribution in [0.3, 0.4) is 0 Å². The summed E-state index contributed by atoms with van der Waals surface area (Å²) in [6.07, 6.45) is 3.64. The molecule has 0 saturated carbocycles. The number of hydrogen-bond donors (Lipinski definition) is 3. The molecule has 1 saturated heterocycles. The fourth-order valence-electron chi connectivity index (χ4n) is 2.52. The molecule has 1 atom stereocenters. The predicted molar refractivity (Wildman–Crippen MR) is 75.1 cm³/mol. The number of piperidine rings is 1. The standard InChI is InChI=1S/C13H26N4O2/c1-3-7-17-8-5-10(6-9-17)15-13(18)11(4-2)12(14)16-19/h10-11,19H,3-9H2,1-2H3,(H2,14,16)(H,15,18). The number of oxime groups is 1. The minimum absolute atomic E-state index is 0.0107. The minimum atomic E-state index is -0.529. The van der Waals surface area contributed by atoms with E-state index in [-0.39, 0.29) is 17.8 Å². The summed E-state index contributed by atoms with van der Waals surface area (Å²) in [6.45, 7) is 7.21. The molecule has 0 aromatic carbocycles. The van der Waals surface area contributed by atoms with Gasteiger partial charge in [-0.15, -0.1) is 0 Å². The second-order valence-electron chi connectivity index (χ2n) is 5.11. The van der Waals surface area contributed by atoms with Crippen molar-refractivity contribution in [2.75, 3.05) is 19.6 Å². The van der Waals surface area contributed by atoms with E-state index >= 15 is 0 Å². The van der Waals surface area contributed by atoms with E-state index in [0.717, 1.165) is 32.5 Å². The third kappa shape index (κ3) is 4.70. The second-order valence-corrected chi connectivity index (χ2v) is 5.11. The Morgan fingerprint density at radius 3 is 2.58 bits per heavy atom. The van der Waals surface area contributed by atoms with Gasteiger partial charge < -0.3 is 21.2 Å². The number of nitrogens with zero attached hydrogens (tertiary/aromatic N) is 2. The van der Waals surface area contributed by atoms with E-state index in [1.807, 2.05) is 6.92 Å². The second kappa shape index (κ2) is 7.99. The molecule has 4 N–H and O–H groups in total. The van der Waals surface area contributed by atoms with Crippen molar-refractivity contribution in [2.45, 2.75) is 45.6 Å². The van der Waals surface area contributed by atoms with E-state index in [9.17, 15) is 4.79 Å². The van der Waals surface area contributed by atoms with Crippen molar-refractivity contribution in [1.29, 1.82) is 0 Å². The molecule has 1 unspecified atom stereocenters. The van der Waals surface area contributed by atoms with Gasteiger partial charge in [0.25, 0.3) is 0 Å². The van der Waals surface area contributed by atoms with Crippen molar-refractivity contribution in [3.8, 4) is 0 Å². The first-order chi connectivity index (χ1) is 9.12. The first-order valence-corrected chi connectivity index (χ1v) is 7.12. The lowest BCUT2D eigenvalue weighted by atomic mass is 10.0. The molecule has 6 heteroatoms. The first kappa shape index (κ1) is 15.8. The van der Waals surface area contributed by atoms with Crippen molar-refractivity contribution < 1.29 is 10.0 Å². The van der Waals surface area contributed by atoms with Crippen LogP contribution in [-0.2, 0) is 4.79 Å². The SMILES string of the molecule is CCCN1CCC(NC(=O)C(CC)C(N)=NO)CC1. The number of hydrogen-bond acceptors (Lipinski definition) is 4. The number of carbonyl (C=O) groups excluding carboxylic acids is 1. The van der Waals surface area contributed by atoms with Crippen LogP contribution < -0.4 is 11.1 Å². The largest absolute Gasteiger partial charge is 0.409 e. The maximum Gasteiger partial charge on any atom is 0.231 e. The van der Waals surface area contributed by atoms with Crippen LogP contribution in [0.25, 0.3) is 0 Å². The molecular formula is C13H26N4O2. The van der Waals surface area contributed by atoms with Gasteiger partial charge in [-0.2, -0.15) is 0 Å². The van der Waals surface area contributed by atoms with E-state index in [0.29, 0.717) is 6.42 Å². The molecular weight excluding hydrogens is 244 g/mol. The topological polar surface area (TPSA) is 91.0 Å². The quantitative estimate of drug-likeness (QED) is 0.287. The molecule has 1 aliphatic rings. The summed E-state index contributed by atoms with van der Waals surface area (Å²) in [5, 5.41) is 14.6. The van der Waals surface area contributed by atoms with Crippen molar-refractivity contribution >= 4 is 11.7 Å². The Labute approximate surface area is 115 Å². The molecule has 0 spiro atoms. The lowest BCUT2D eigenvalue weighted by Gasteiger charge is -2.32. The highest BCUT2D eigenvalue weighted by atomic mass is 16.4. The molecule has 1 amide bonds. The van der Waals surface area contributed by atoms with Gasteiger partial charge >= 0.3 is 0 Å². The lowest BCUT2D eigenvalue weighted by molar-refractivity contribution is -0.124. The van der Waals surface area contributed by atoms with Crippen molar-refractivity contribution in [3.05, 3.63) is 0 Å². The fraction of sp³-hybridized carbons (Fsp3) is 0.846. The summed E-state index contributed by atoms with van der Waals surface area (Å²) < 4.78 is 0. The van der Waals surface area contributed by atoms with Gasteiger partial charge in [0.15, 0.2) is 5.84 Å². The number of amides is 1. The average molecular weight is 270 g/mol. The highest BCUT2D eigenvalue weighted by molar-refractivity contribution is 6.02. The Balaban J connectivity index is 2.41. The fourth-order valence-corrected chi connectivity index (χ4v) is 2.52. The Kier molecular flexibility index (Phi) is 6.62. The van der Waals surface area contributed by atoms with Gasteiger partial charge in [-0.25, -0.2) is 0 Å². The van der Waals surface area contributed by atoms with E-state index < -0.39 is 5.92 Å². The third-order valence-corrected chi connectivity index (χ3v) is 3.67. The molecule has 1 fully saturated rings. The van der Waals surface area contributed by atoms with Gasteiger partial charge in [-0.3, -0.25) is 4.79 Å². The van der Waals surface area contributed by atoms with Crippen molar-refractivity contribution in [2.24, 2.45) is 16.8 Å². The summed E-state index contributed by atoms with van der Waals surface area (Å²) in [5.74, 6) is -0.672. The number of rotatable bonds is 6. The highest BCUT2D eigenvalue weighted by Crippen LogP contribution is 2.12. The predicted octanol–water partition coefficient (Wildman–Crippen LogP) is 0.750. The summed E-state index contributed by atoms with van der Waals surface area (Å²) in [5.41, 5.74) is 5.53. The molecule has 1 heterocycles. The summed E-state index contributed by atoms with van der Waals surface area (Å²) in [4.78, 5) is 14.5. The Hall–Kier alpha value is -1.30. The van der Waals surface area contributed by atoms with E-state index in [2.05, 4.69) is 22.3 Å². The van der Waals surface area contributed by atoms with E-state index in [1.54, 1.807) is 0 Å². The van der Waals surface area contributed by atoms with Crippen LogP contribution in [0.15, 0.2) is 5.16 Å². The average Bonchev–Trinajstić information content (AvgIpc) is 2.42. The zero-order valence-corrected chi connectivity index (χ0v) is 11.9. The number of nitrogens with two attached hydrogens (primary N) is 1. The number of carbonyl (C=O) groups is 1.